The number of nitrogens with zero attached hydrogens (tertiary/aromatic N) is 3. The molecular formula is C14H15N5O2. The van der Waals surface area contributed by atoms with Crippen molar-refractivity contribution in [1.82, 2.24) is 20.1 Å². The summed E-state index contributed by atoms with van der Waals surface area (Å²) < 4.78 is 0. The topological polar surface area (TPSA) is 80.7 Å². The highest BCUT2D eigenvalue weighted by molar-refractivity contribution is 5.80. The largest absolute Gasteiger partial charge is 0.465 e. The van der Waals surface area contributed by atoms with E-state index in [1.165, 1.54) is 4.90 Å². The SMILES string of the molecule is O=C(O)N1C=C2CNC3=C(c4cccnc4NC3)N2CC1. The van der Waals surface area contributed by atoms with Gasteiger partial charge in [-0.05, 0) is 12.1 Å². The Bertz CT molecular complexity index is 682. The molecule has 0 atom stereocenters. The smallest absolute Gasteiger partial charge is 0.411 e. The fourth-order valence-corrected chi connectivity index (χ4v) is 3.02. The fourth-order valence-electron chi connectivity index (χ4n) is 3.02. The van der Waals surface area contributed by atoms with E-state index >= 15 is 0 Å². The third-order valence-corrected chi connectivity index (χ3v) is 4.00. The average molecular weight is 285 g/mol. The minimum atomic E-state index is -0.908. The third-order valence-electron chi connectivity index (χ3n) is 4.00. The Morgan fingerprint density at radius 1 is 1.29 bits per heavy atom. The first-order valence-corrected chi connectivity index (χ1v) is 6.88. The summed E-state index contributed by atoms with van der Waals surface area (Å²) in [6.07, 6.45) is 2.57. The van der Waals surface area contributed by atoms with Crippen molar-refractivity contribution in [2.45, 2.75) is 0 Å². The van der Waals surface area contributed by atoms with E-state index < -0.39 is 6.09 Å². The number of aromatic nitrogens is 1. The van der Waals surface area contributed by atoms with Gasteiger partial charge in [0.1, 0.15) is 5.82 Å². The second-order valence-electron chi connectivity index (χ2n) is 5.18. The molecule has 0 aromatic carbocycles. The number of hydrogen-bond acceptors (Lipinski definition) is 5. The van der Waals surface area contributed by atoms with Gasteiger partial charge in [0.15, 0.2) is 0 Å². The maximum absolute atomic E-state index is 11.1. The molecule has 0 radical (unpaired) electrons. The van der Waals surface area contributed by atoms with Crippen LogP contribution in [0, 0.1) is 0 Å². The monoisotopic (exact) mass is 285 g/mol. The first-order chi connectivity index (χ1) is 10.2. The molecule has 108 valence electrons. The Hall–Kier alpha value is -2.70. The van der Waals surface area contributed by atoms with E-state index in [2.05, 4.69) is 20.5 Å². The van der Waals surface area contributed by atoms with E-state index in [-0.39, 0.29) is 0 Å². The van der Waals surface area contributed by atoms with Crippen LogP contribution in [0.3, 0.4) is 0 Å². The molecule has 1 aromatic rings. The maximum Gasteiger partial charge on any atom is 0.411 e. The van der Waals surface area contributed by atoms with E-state index in [9.17, 15) is 4.79 Å². The van der Waals surface area contributed by atoms with Gasteiger partial charge in [-0.25, -0.2) is 9.78 Å². The normalized spacial score (nSPS) is 19.7. The van der Waals surface area contributed by atoms with Gasteiger partial charge in [-0.1, -0.05) is 0 Å². The van der Waals surface area contributed by atoms with Crippen molar-refractivity contribution in [1.29, 1.82) is 0 Å². The molecule has 7 heteroatoms. The number of pyridine rings is 1. The zero-order valence-electron chi connectivity index (χ0n) is 11.3. The quantitative estimate of drug-likeness (QED) is 0.657. The molecule has 0 spiro atoms. The molecule has 4 rings (SSSR count). The van der Waals surface area contributed by atoms with Crippen LogP contribution in [0.15, 0.2) is 35.9 Å². The predicted octanol–water partition coefficient (Wildman–Crippen LogP) is 0.916. The van der Waals surface area contributed by atoms with Gasteiger partial charge < -0.3 is 20.6 Å². The van der Waals surface area contributed by atoms with Gasteiger partial charge in [0.2, 0.25) is 0 Å². The summed E-state index contributed by atoms with van der Waals surface area (Å²) in [4.78, 5) is 19.0. The minimum Gasteiger partial charge on any atom is -0.465 e. The van der Waals surface area contributed by atoms with Crippen LogP contribution in [0.2, 0.25) is 0 Å². The average Bonchev–Trinajstić information content (AvgIpc) is 2.53. The van der Waals surface area contributed by atoms with Crippen LogP contribution in [0.5, 0.6) is 0 Å². The van der Waals surface area contributed by atoms with Crippen LogP contribution in [-0.4, -0.2) is 52.2 Å². The van der Waals surface area contributed by atoms with E-state index in [1.54, 1.807) is 12.4 Å². The summed E-state index contributed by atoms with van der Waals surface area (Å²) in [6, 6.07) is 3.96. The molecule has 3 N–H and O–H groups in total. The highest BCUT2D eigenvalue weighted by Crippen LogP contribution is 2.36. The van der Waals surface area contributed by atoms with Crippen LogP contribution in [0.25, 0.3) is 5.70 Å². The lowest BCUT2D eigenvalue weighted by molar-refractivity contribution is 0.155. The molecule has 0 bridgehead atoms. The summed E-state index contributed by atoms with van der Waals surface area (Å²) >= 11 is 0. The van der Waals surface area contributed by atoms with Crippen LogP contribution < -0.4 is 10.6 Å². The van der Waals surface area contributed by atoms with Gasteiger partial charge in [0.05, 0.1) is 30.2 Å². The number of fused-ring (bicyclic) bond motifs is 4. The molecule has 1 amide bonds. The molecule has 1 aromatic heterocycles. The summed E-state index contributed by atoms with van der Waals surface area (Å²) in [7, 11) is 0. The van der Waals surface area contributed by atoms with Crippen molar-refractivity contribution in [3.63, 3.8) is 0 Å². The molecule has 0 saturated carbocycles. The van der Waals surface area contributed by atoms with Crippen LogP contribution >= 0.6 is 0 Å². The Labute approximate surface area is 121 Å². The zero-order chi connectivity index (χ0) is 14.4. The highest BCUT2D eigenvalue weighted by Gasteiger charge is 2.32. The number of rotatable bonds is 0. The van der Waals surface area contributed by atoms with Crippen molar-refractivity contribution in [2.24, 2.45) is 0 Å². The maximum atomic E-state index is 11.1. The third kappa shape index (κ3) is 1.81. The molecule has 3 aliphatic heterocycles. The van der Waals surface area contributed by atoms with Crippen LogP contribution in [0.4, 0.5) is 10.6 Å². The Morgan fingerprint density at radius 2 is 2.19 bits per heavy atom. The molecule has 7 nitrogen and oxygen atoms in total. The minimum absolute atomic E-state index is 0.471. The first-order valence-electron chi connectivity index (χ1n) is 6.88. The van der Waals surface area contributed by atoms with Crippen LogP contribution in [-0.2, 0) is 0 Å². The summed E-state index contributed by atoms with van der Waals surface area (Å²) in [5, 5.41) is 15.8. The first kappa shape index (κ1) is 12.1. The van der Waals surface area contributed by atoms with Crippen LogP contribution in [0.1, 0.15) is 5.56 Å². The van der Waals surface area contributed by atoms with Crippen molar-refractivity contribution < 1.29 is 9.90 Å². The molecule has 0 fully saturated rings. The molecule has 3 aliphatic rings. The van der Waals surface area contributed by atoms with Crippen molar-refractivity contribution in [3.8, 4) is 0 Å². The number of amides is 1. The molecule has 0 saturated heterocycles. The Balaban J connectivity index is 1.78. The lowest BCUT2D eigenvalue weighted by atomic mass is 10.0. The lowest BCUT2D eigenvalue weighted by Gasteiger charge is -2.42. The van der Waals surface area contributed by atoms with Crippen molar-refractivity contribution in [2.75, 3.05) is 31.5 Å². The predicted molar refractivity (Wildman–Crippen MR) is 77.2 cm³/mol. The van der Waals surface area contributed by atoms with Gasteiger partial charge in [0.25, 0.3) is 0 Å². The molecule has 0 aliphatic carbocycles. The lowest BCUT2D eigenvalue weighted by Crippen LogP contribution is -2.47. The summed E-state index contributed by atoms with van der Waals surface area (Å²) in [5.74, 6) is 0.875. The van der Waals surface area contributed by atoms with Crippen molar-refractivity contribution in [3.05, 3.63) is 41.5 Å². The van der Waals surface area contributed by atoms with Gasteiger partial charge in [-0.3, -0.25) is 4.90 Å². The number of hydrogen-bond donors (Lipinski definition) is 3. The highest BCUT2D eigenvalue weighted by atomic mass is 16.4. The second kappa shape index (κ2) is 4.41. The fraction of sp³-hybridized carbons (Fsp3) is 0.286. The zero-order valence-corrected chi connectivity index (χ0v) is 11.3. The van der Waals surface area contributed by atoms with E-state index in [0.29, 0.717) is 26.2 Å². The number of carboxylic acid groups (broad SMARTS) is 1. The van der Waals surface area contributed by atoms with Gasteiger partial charge >= 0.3 is 6.09 Å². The number of nitrogens with one attached hydrogen (secondary N) is 2. The second-order valence-corrected chi connectivity index (χ2v) is 5.18. The van der Waals surface area contributed by atoms with Gasteiger partial charge in [-0.15, -0.1) is 0 Å². The number of anilines is 1. The standard InChI is InChI=1S/C14H15N5O2/c20-14(21)18-4-5-19-9(8-18)6-16-11-7-17-13-10(12(11)19)2-1-3-15-13/h1-3,8,16H,4-7H2,(H,15,17)(H,20,21). The van der Waals surface area contributed by atoms with E-state index in [1.807, 2.05) is 12.1 Å². The molecule has 4 heterocycles. The Kier molecular flexibility index (Phi) is 2.53. The van der Waals surface area contributed by atoms with Crippen molar-refractivity contribution >= 4 is 17.6 Å². The van der Waals surface area contributed by atoms with E-state index in [4.69, 9.17) is 5.11 Å². The summed E-state index contributed by atoms with van der Waals surface area (Å²) in [5.41, 5.74) is 4.27. The van der Waals surface area contributed by atoms with Gasteiger partial charge in [0, 0.05) is 31.0 Å². The molecular weight excluding hydrogens is 270 g/mol. The molecule has 21 heavy (non-hydrogen) atoms. The Morgan fingerprint density at radius 3 is 3.05 bits per heavy atom. The van der Waals surface area contributed by atoms with E-state index in [0.717, 1.165) is 28.5 Å². The number of carbonyl (C=O) groups is 1. The summed E-state index contributed by atoms with van der Waals surface area (Å²) in [6.45, 7) is 2.48. The molecule has 0 unspecified atom stereocenters. The van der Waals surface area contributed by atoms with Gasteiger partial charge in [-0.2, -0.15) is 0 Å².